The number of nitrogens with zero attached hydrogens (tertiary/aromatic N) is 1. The summed E-state index contributed by atoms with van der Waals surface area (Å²) in [5.41, 5.74) is -4.88. The lowest BCUT2D eigenvalue weighted by atomic mass is 9.96. The number of carboxylic acids is 1. The van der Waals surface area contributed by atoms with E-state index in [-0.39, 0.29) is 28.4 Å². The van der Waals surface area contributed by atoms with Gasteiger partial charge in [0, 0.05) is 11.0 Å². The lowest BCUT2D eigenvalue weighted by molar-refractivity contribution is -0.287. The molecule has 2 aromatic rings. The van der Waals surface area contributed by atoms with Crippen molar-refractivity contribution in [1.82, 2.24) is 0 Å². The van der Waals surface area contributed by atoms with Crippen molar-refractivity contribution < 1.29 is 57.4 Å². The molecule has 2 aromatic carbocycles. The second kappa shape index (κ2) is 6.66. The molecule has 7 nitrogen and oxygen atoms in total. The fourth-order valence-corrected chi connectivity index (χ4v) is 3.13. The van der Waals surface area contributed by atoms with E-state index in [1.54, 1.807) is 6.07 Å². The third-order valence-corrected chi connectivity index (χ3v) is 4.91. The van der Waals surface area contributed by atoms with E-state index in [1.165, 1.54) is 6.07 Å². The summed E-state index contributed by atoms with van der Waals surface area (Å²) >= 11 is 0. The first-order chi connectivity index (χ1) is 18.6. The molecule has 2 heterocycles. The molecule has 0 aromatic heterocycles. The predicted octanol–water partition coefficient (Wildman–Crippen LogP) is 4.69. The maximum Gasteiger partial charge on any atom is 0.586 e. The molecular formula is C22H15F4NO6. The maximum absolute atomic E-state index is 12.9. The first-order valence-corrected chi connectivity index (χ1v) is 9.02. The SMILES string of the molecule is [2H]C1([2H])C([2H])([2H])C1(C#N)c1ccc2c(c1)OC(F)(F)O2.[2H]C1([2H])C([2H])([2H])C1(C(=O)O)c1ccc2c(c1)OC(F)(F)O2. The number of carboxylic acid groups (broad SMARTS) is 1. The average molecular weight is 473 g/mol. The first kappa shape index (κ1) is 13.8. The van der Waals surface area contributed by atoms with Gasteiger partial charge in [0.05, 0.1) is 16.9 Å². The van der Waals surface area contributed by atoms with Crippen LogP contribution in [0.15, 0.2) is 36.4 Å². The number of fused-ring (bicyclic) bond motifs is 2. The molecule has 1 N–H and O–H groups in total. The minimum absolute atomic E-state index is 0.0601. The third kappa shape index (κ3) is 3.65. The van der Waals surface area contributed by atoms with Gasteiger partial charge in [0.2, 0.25) is 0 Å². The summed E-state index contributed by atoms with van der Waals surface area (Å²) < 4.78 is 129. The molecule has 2 saturated carbocycles. The molecule has 6 rings (SSSR count). The molecule has 0 amide bonds. The molecule has 0 spiro atoms. The fourth-order valence-electron chi connectivity index (χ4n) is 3.13. The van der Waals surface area contributed by atoms with Crippen LogP contribution in [0.2, 0.25) is 0 Å². The minimum atomic E-state index is -3.89. The summed E-state index contributed by atoms with van der Waals surface area (Å²) in [5, 5.41) is 18.5. The van der Waals surface area contributed by atoms with Gasteiger partial charge in [-0.3, -0.25) is 4.79 Å². The second-order valence-electron chi connectivity index (χ2n) is 7.07. The van der Waals surface area contributed by atoms with Crippen LogP contribution in [0.25, 0.3) is 0 Å². The maximum atomic E-state index is 12.9. The molecule has 172 valence electrons. The van der Waals surface area contributed by atoms with E-state index in [4.69, 9.17) is 11.0 Å². The molecule has 0 saturated heterocycles. The summed E-state index contributed by atoms with van der Waals surface area (Å²) in [6.07, 6.45) is -17.9. The monoisotopic (exact) mass is 473 g/mol. The Balaban J connectivity index is 0.000000165. The smallest absolute Gasteiger partial charge is 0.481 e. The van der Waals surface area contributed by atoms with E-state index in [0.29, 0.717) is 0 Å². The van der Waals surface area contributed by atoms with E-state index in [2.05, 4.69) is 18.9 Å². The molecule has 33 heavy (non-hydrogen) atoms. The standard InChI is InChI=1S/C11H7F2NO2.C11H8F2O4/c12-11(13)15-8-2-1-7(5-9(8)16-11)10(6-14)3-4-10;12-11(13)16-7-2-1-6(5-8(7)17-11)10(3-4-10)9(14)15/h1-2,5H,3-4H2;1-2,5H,3-4H2,(H,14,15)/i2*3D2,4D2. The molecule has 0 bridgehead atoms. The highest BCUT2D eigenvalue weighted by Crippen LogP contribution is 2.52. The minimum Gasteiger partial charge on any atom is -0.481 e. The van der Waals surface area contributed by atoms with Crippen LogP contribution < -0.4 is 18.9 Å². The Morgan fingerprint density at radius 2 is 1.30 bits per heavy atom. The molecule has 0 radical (unpaired) electrons. The highest BCUT2D eigenvalue weighted by Gasteiger charge is 2.53. The molecule has 2 aliphatic carbocycles. The van der Waals surface area contributed by atoms with Gasteiger partial charge in [-0.1, -0.05) is 12.1 Å². The van der Waals surface area contributed by atoms with Crippen LogP contribution in [0.5, 0.6) is 23.0 Å². The number of aliphatic carboxylic acids is 1. The van der Waals surface area contributed by atoms with Crippen molar-refractivity contribution in [3.8, 4) is 29.1 Å². The highest BCUT2D eigenvalue weighted by molar-refractivity contribution is 5.85. The number of rotatable bonds is 3. The zero-order valence-corrected chi connectivity index (χ0v) is 15.9. The molecule has 0 atom stereocenters. The number of halogens is 4. The fraction of sp³-hybridized carbons (Fsp3) is 0.364. The van der Waals surface area contributed by atoms with Crippen LogP contribution in [-0.2, 0) is 15.6 Å². The quantitative estimate of drug-likeness (QED) is 0.646. The molecule has 4 aliphatic rings. The highest BCUT2D eigenvalue weighted by atomic mass is 19.3. The van der Waals surface area contributed by atoms with E-state index in [9.17, 15) is 32.7 Å². The summed E-state index contributed by atoms with van der Waals surface area (Å²) in [6.45, 7) is 0. The van der Waals surface area contributed by atoms with Gasteiger partial charge in [0.15, 0.2) is 23.0 Å². The topological polar surface area (TPSA) is 98.0 Å². The molecule has 2 aliphatic heterocycles. The predicted molar refractivity (Wildman–Crippen MR) is 100 cm³/mol. The number of benzene rings is 2. The Morgan fingerprint density at radius 1 is 0.848 bits per heavy atom. The van der Waals surface area contributed by atoms with Crippen LogP contribution in [-0.4, -0.2) is 23.7 Å². The van der Waals surface area contributed by atoms with Gasteiger partial charge in [0.25, 0.3) is 0 Å². The van der Waals surface area contributed by atoms with Crippen LogP contribution in [0, 0.1) is 11.3 Å². The first-order valence-electron chi connectivity index (χ1n) is 13.0. The second-order valence-corrected chi connectivity index (χ2v) is 7.07. The number of carbonyl (C=O) groups is 1. The van der Waals surface area contributed by atoms with E-state index in [1.807, 2.05) is 0 Å². The Bertz CT molecular complexity index is 1520. The number of hydrogen-bond acceptors (Lipinski definition) is 6. The number of hydrogen-bond donors (Lipinski definition) is 1. The molecule has 2 fully saturated rings. The van der Waals surface area contributed by atoms with Gasteiger partial charge >= 0.3 is 18.6 Å². The third-order valence-electron chi connectivity index (χ3n) is 4.91. The van der Waals surface area contributed by atoms with Gasteiger partial charge in [-0.2, -0.15) is 5.26 Å². The van der Waals surface area contributed by atoms with Crippen LogP contribution in [0.1, 0.15) is 47.6 Å². The number of nitriles is 1. The zero-order valence-electron chi connectivity index (χ0n) is 23.9. The van der Waals surface area contributed by atoms with Crippen molar-refractivity contribution in [3.63, 3.8) is 0 Å². The van der Waals surface area contributed by atoms with Crippen molar-refractivity contribution in [2.75, 3.05) is 0 Å². The lowest BCUT2D eigenvalue weighted by Gasteiger charge is -2.10. The van der Waals surface area contributed by atoms with Gasteiger partial charge in [-0.25, -0.2) is 0 Å². The average Bonchev–Trinajstić information content (AvgIpc) is 3.15. The Morgan fingerprint density at radius 3 is 1.73 bits per heavy atom. The van der Waals surface area contributed by atoms with Crippen molar-refractivity contribution in [3.05, 3.63) is 47.5 Å². The van der Waals surface area contributed by atoms with Crippen LogP contribution >= 0.6 is 0 Å². The Kier molecular flexibility index (Phi) is 2.78. The van der Waals surface area contributed by atoms with E-state index >= 15 is 0 Å². The van der Waals surface area contributed by atoms with Gasteiger partial charge in [-0.15, -0.1) is 17.6 Å². The van der Waals surface area contributed by atoms with E-state index < -0.39 is 60.6 Å². The van der Waals surface area contributed by atoms with Crippen molar-refractivity contribution in [1.29, 1.82) is 5.26 Å². The van der Waals surface area contributed by atoms with Gasteiger partial charge < -0.3 is 24.1 Å². The number of alkyl halides is 4. The normalized spacial score (nSPS) is 32.1. The van der Waals surface area contributed by atoms with Crippen LogP contribution in [0.3, 0.4) is 0 Å². The van der Waals surface area contributed by atoms with E-state index in [0.717, 1.165) is 30.3 Å². The zero-order chi connectivity index (χ0) is 30.8. The van der Waals surface area contributed by atoms with Crippen molar-refractivity contribution in [2.45, 2.75) is 48.9 Å². The lowest BCUT2D eigenvalue weighted by Crippen LogP contribution is -2.26. The largest absolute Gasteiger partial charge is 0.586 e. The van der Waals surface area contributed by atoms with Gasteiger partial charge in [0.1, 0.15) is 0 Å². The summed E-state index contributed by atoms with van der Waals surface area (Å²) in [5.74, 6) is -3.10. The summed E-state index contributed by atoms with van der Waals surface area (Å²) in [6, 6.07) is 7.85. The molecule has 11 heteroatoms. The Labute approximate surface area is 195 Å². The molecular weight excluding hydrogens is 450 g/mol. The molecule has 0 unspecified atom stereocenters. The van der Waals surface area contributed by atoms with Crippen LogP contribution in [0.4, 0.5) is 17.6 Å². The number of ether oxygens (including phenoxy) is 4. The summed E-state index contributed by atoms with van der Waals surface area (Å²) in [7, 11) is 0. The van der Waals surface area contributed by atoms with Crippen molar-refractivity contribution in [2.24, 2.45) is 0 Å². The summed E-state index contributed by atoms with van der Waals surface area (Å²) in [4.78, 5) is 11.4. The van der Waals surface area contributed by atoms with Gasteiger partial charge in [-0.05, 0) is 60.9 Å². The Hall–Kier alpha value is -3.68. The van der Waals surface area contributed by atoms with Crippen molar-refractivity contribution >= 4 is 5.97 Å².